The third-order valence-corrected chi connectivity index (χ3v) is 1.43. The molecule has 0 fully saturated rings. The summed E-state index contributed by atoms with van der Waals surface area (Å²) >= 11 is 0. The topological polar surface area (TPSA) is 92.2 Å². The first-order valence-electron chi connectivity index (χ1n) is 2.98. The Labute approximate surface area is 61.9 Å². The van der Waals surface area contributed by atoms with Crippen LogP contribution in [-0.4, -0.2) is 30.1 Å². The highest BCUT2D eigenvalue weighted by atomic mass is 16.2. The third-order valence-electron chi connectivity index (χ3n) is 1.43. The summed E-state index contributed by atoms with van der Waals surface area (Å²) in [5.74, 6) is -1.17. The van der Waals surface area contributed by atoms with Crippen LogP contribution in [0.25, 0.3) is 0 Å². The molecule has 2 heterocycles. The molecule has 1 atom stereocenters. The molecule has 2 amide bonds. The van der Waals surface area contributed by atoms with Crippen molar-refractivity contribution in [1.29, 1.82) is 0 Å². The van der Waals surface area contributed by atoms with Crippen molar-refractivity contribution in [3.63, 3.8) is 0 Å². The van der Waals surface area contributed by atoms with Gasteiger partial charge in [-0.3, -0.25) is 11.1 Å². The van der Waals surface area contributed by atoms with Gasteiger partial charge >= 0.3 is 6.03 Å². The smallest absolute Gasteiger partial charge is 0.294 e. The van der Waals surface area contributed by atoms with Crippen LogP contribution < -0.4 is 11.1 Å². The van der Waals surface area contributed by atoms with Crippen LogP contribution in [0.1, 0.15) is 0 Å². The van der Waals surface area contributed by atoms with E-state index in [-0.39, 0.29) is 0 Å². The van der Waals surface area contributed by atoms with Crippen LogP contribution in [0, 0.1) is 0 Å². The average Bonchev–Trinajstić information content (AvgIpc) is 2.22. The van der Waals surface area contributed by atoms with E-state index in [0.29, 0.717) is 5.71 Å². The van der Waals surface area contributed by atoms with E-state index in [0.717, 1.165) is 0 Å². The van der Waals surface area contributed by atoms with Gasteiger partial charge in [0.25, 0.3) is 0 Å². The number of urea groups is 1. The van der Waals surface area contributed by atoms with Gasteiger partial charge in [0.2, 0.25) is 5.79 Å². The summed E-state index contributed by atoms with van der Waals surface area (Å²) in [5.41, 5.74) is 5.95. The number of hydrogen-bond donors (Lipinski definition) is 2. The van der Waals surface area contributed by atoms with Gasteiger partial charge in [-0.15, -0.1) is 0 Å². The summed E-state index contributed by atoms with van der Waals surface area (Å²) in [6.07, 6.45) is 2.69. The highest BCUT2D eigenvalue weighted by Crippen LogP contribution is 2.10. The molecule has 11 heavy (non-hydrogen) atoms. The SMILES string of the molecule is NC12N=CN=CC1=NC(=O)N2. The highest BCUT2D eigenvalue weighted by molar-refractivity contribution is 6.40. The van der Waals surface area contributed by atoms with Gasteiger partial charge < -0.3 is 0 Å². The van der Waals surface area contributed by atoms with E-state index in [1.807, 2.05) is 0 Å². The van der Waals surface area contributed by atoms with Crippen molar-refractivity contribution < 1.29 is 4.79 Å². The first kappa shape index (κ1) is 6.17. The van der Waals surface area contributed by atoms with Gasteiger partial charge in [0, 0.05) is 0 Å². The number of nitrogens with two attached hydrogens (primary N) is 1. The number of nitrogens with zero attached hydrogens (tertiary/aromatic N) is 3. The minimum Gasteiger partial charge on any atom is -0.294 e. The third kappa shape index (κ3) is 0.761. The van der Waals surface area contributed by atoms with Crippen molar-refractivity contribution in [3.05, 3.63) is 0 Å². The molecule has 0 aliphatic carbocycles. The van der Waals surface area contributed by atoms with E-state index in [1.54, 1.807) is 0 Å². The Bertz CT molecular complexity index is 304. The van der Waals surface area contributed by atoms with Crippen molar-refractivity contribution in [1.82, 2.24) is 5.32 Å². The molecule has 2 aliphatic rings. The van der Waals surface area contributed by atoms with Crippen molar-refractivity contribution in [2.24, 2.45) is 20.7 Å². The number of fused-ring (bicyclic) bond motifs is 1. The van der Waals surface area contributed by atoms with Gasteiger partial charge in [-0.25, -0.2) is 14.8 Å². The van der Waals surface area contributed by atoms with E-state index >= 15 is 0 Å². The number of hydrogen-bond acceptors (Lipinski definition) is 4. The largest absolute Gasteiger partial charge is 0.344 e. The van der Waals surface area contributed by atoms with Gasteiger partial charge in [0.1, 0.15) is 12.1 Å². The molecule has 3 N–H and O–H groups in total. The van der Waals surface area contributed by atoms with Crippen LogP contribution in [0.15, 0.2) is 15.0 Å². The quantitative estimate of drug-likeness (QED) is 0.458. The molecule has 0 aromatic heterocycles. The maximum atomic E-state index is 10.7. The number of carbonyl (C=O) groups is 1. The molecular weight excluding hydrogens is 146 g/mol. The fourth-order valence-electron chi connectivity index (χ4n) is 0.904. The number of rotatable bonds is 0. The normalized spacial score (nSPS) is 33.2. The summed E-state index contributed by atoms with van der Waals surface area (Å²) in [4.78, 5) is 21.7. The van der Waals surface area contributed by atoms with E-state index in [2.05, 4.69) is 20.3 Å². The van der Waals surface area contributed by atoms with Gasteiger partial charge in [0.15, 0.2) is 0 Å². The highest BCUT2D eigenvalue weighted by Gasteiger charge is 2.38. The molecule has 0 saturated carbocycles. The number of carbonyl (C=O) groups excluding carboxylic acids is 1. The lowest BCUT2D eigenvalue weighted by Gasteiger charge is -2.19. The summed E-state index contributed by atoms with van der Waals surface area (Å²) in [6.45, 7) is 0. The van der Waals surface area contributed by atoms with E-state index in [9.17, 15) is 4.79 Å². The summed E-state index contributed by atoms with van der Waals surface area (Å²) in [5, 5.41) is 2.38. The minimum absolute atomic E-state index is 0.352. The number of aliphatic imine (C=N–C) groups is 3. The first-order valence-corrected chi connectivity index (χ1v) is 2.98. The standard InChI is InChI=1S/C5H5N5O/c6-5-3(1-7-2-8-5)9-4(11)10-5/h1-2H,6H2,(H,10,11). The monoisotopic (exact) mass is 151 g/mol. The van der Waals surface area contributed by atoms with E-state index in [4.69, 9.17) is 5.73 Å². The predicted molar refractivity (Wildman–Crippen MR) is 39.9 cm³/mol. The first-order chi connectivity index (χ1) is 5.21. The second kappa shape index (κ2) is 1.73. The predicted octanol–water partition coefficient (Wildman–Crippen LogP) is -1.12. The summed E-state index contributed by atoms with van der Waals surface area (Å²) in [6, 6.07) is -0.479. The fraction of sp³-hybridized carbons (Fsp3) is 0.200. The molecular formula is C5H5N5O. The maximum absolute atomic E-state index is 10.7. The molecule has 2 rings (SSSR count). The van der Waals surface area contributed by atoms with E-state index < -0.39 is 11.8 Å². The summed E-state index contributed by atoms with van der Waals surface area (Å²) < 4.78 is 0. The molecule has 6 heteroatoms. The lowest BCUT2D eigenvalue weighted by atomic mass is 10.2. The Hall–Kier alpha value is -1.56. The molecule has 0 radical (unpaired) electrons. The van der Waals surface area contributed by atoms with Crippen molar-refractivity contribution >= 4 is 24.3 Å². The van der Waals surface area contributed by atoms with Crippen LogP contribution in [0.3, 0.4) is 0 Å². The molecule has 1 unspecified atom stereocenters. The van der Waals surface area contributed by atoms with Crippen molar-refractivity contribution in [2.45, 2.75) is 5.79 Å². The lowest BCUT2D eigenvalue weighted by Crippen LogP contribution is -2.56. The maximum Gasteiger partial charge on any atom is 0.344 e. The molecule has 0 spiro atoms. The Morgan fingerprint density at radius 1 is 1.64 bits per heavy atom. The zero-order valence-electron chi connectivity index (χ0n) is 5.48. The Kier molecular flexibility index (Phi) is 0.970. The van der Waals surface area contributed by atoms with E-state index in [1.165, 1.54) is 12.6 Å². The average molecular weight is 151 g/mol. The number of nitrogens with one attached hydrogen (secondary N) is 1. The molecule has 2 aliphatic heterocycles. The van der Waals surface area contributed by atoms with Crippen LogP contribution in [-0.2, 0) is 0 Å². The van der Waals surface area contributed by atoms with Crippen LogP contribution >= 0.6 is 0 Å². The van der Waals surface area contributed by atoms with Crippen molar-refractivity contribution in [3.8, 4) is 0 Å². The zero-order valence-corrected chi connectivity index (χ0v) is 5.48. The molecule has 0 bridgehead atoms. The van der Waals surface area contributed by atoms with Gasteiger partial charge in [-0.05, 0) is 0 Å². The second-order valence-corrected chi connectivity index (χ2v) is 2.22. The van der Waals surface area contributed by atoms with Gasteiger partial charge in [-0.2, -0.15) is 4.99 Å². The number of amides is 2. The Balaban J connectivity index is 2.48. The van der Waals surface area contributed by atoms with Gasteiger partial charge in [0.05, 0.1) is 6.21 Å². The molecule has 0 aromatic carbocycles. The fourth-order valence-corrected chi connectivity index (χ4v) is 0.904. The van der Waals surface area contributed by atoms with Crippen LogP contribution in [0.2, 0.25) is 0 Å². The Morgan fingerprint density at radius 3 is 3.18 bits per heavy atom. The second-order valence-electron chi connectivity index (χ2n) is 2.22. The zero-order chi connectivity index (χ0) is 7.90. The van der Waals surface area contributed by atoms with Gasteiger partial charge in [-0.1, -0.05) is 0 Å². The van der Waals surface area contributed by atoms with Crippen LogP contribution in [0.4, 0.5) is 4.79 Å². The van der Waals surface area contributed by atoms with Crippen LogP contribution in [0.5, 0.6) is 0 Å². The minimum atomic E-state index is -1.17. The molecule has 56 valence electrons. The summed E-state index contributed by atoms with van der Waals surface area (Å²) in [7, 11) is 0. The molecule has 0 saturated heterocycles. The molecule has 0 aromatic rings. The van der Waals surface area contributed by atoms with Crippen molar-refractivity contribution in [2.75, 3.05) is 0 Å². The Morgan fingerprint density at radius 2 is 2.45 bits per heavy atom. The lowest BCUT2D eigenvalue weighted by molar-refractivity contribution is 0.247. The molecule has 6 nitrogen and oxygen atoms in total.